The highest BCUT2D eigenvalue weighted by Crippen LogP contribution is 2.34. The Kier molecular flexibility index (Phi) is 5.49. The molecule has 0 aromatic heterocycles. The molecule has 0 radical (unpaired) electrons. The molecular formula is C17H18BrClFNO2S. The number of hydrogen-bond donors (Lipinski definition) is 0. The van der Waals surface area contributed by atoms with Crippen LogP contribution in [0.15, 0.2) is 50.8 Å². The molecule has 3 rings (SSSR count). The Labute approximate surface area is 155 Å². The molecule has 0 bridgehead atoms. The van der Waals surface area contributed by atoms with Crippen molar-refractivity contribution in [3.63, 3.8) is 0 Å². The summed E-state index contributed by atoms with van der Waals surface area (Å²) in [5.41, 5.74) is 0. The highest BCUT2D eigenvalue weighted by Gasteiger charge is 2.32. The minimum atomic E-state index is -3.61. The van der Waals surface area contributed by atoms with Crippen LogP contribution in [0.4, 0.5) is 4.39 Å². The summed E-state index contributed by atoms with van der Waals surface area (Å²) in [6.07, 6.45) is 8.67. The smallest absolute Gasteiger partial charge is 0.207 e. The Bertz CT molecular complexity index is 786. The zero-order chi connectivity index (χ0) is 17.3. The van der Waals surface area contributed by atoms with Crippen molar-refractivity contribution in [2.45, 2.75) is 24.2 Å². The van der Waals surface area contributed by atoms with Gasteiger partial charge in [-0.3, -0.25) is 0 Å². The lowest BCUT2D eigenvalue weighted by molar-refractivity contribution is 0.249. The Morgan fingerprint density at radius 2 is 1.96 bits per heavy atom. The van der Waals surface area contributed by atoms with Gasteiger partial charge in [-0.25, -0.2) is 12.8 Å². The van der Waals surface area contributed by atoms with Crippen LogP contribution in [0.25, 0.3) is 0 Å². The molecule has 1 heterocycles. The molecule has 2 aliphatic rings. The third-order valence-electron chi connectivity index (χ3n) is 4.60. The predicted molar refractivity (Wildman–Crippen MR) is 96.8 cm³/mol. The van der Waals surface area contributed by atoms with Gasteiger partial charge < -0.3 is 0 Å². The first-order chi connectivity index (χ1) is 11.4. The molecule has 24 heavy (non-hydrogen) atoms. The van der Waals surface area contributed by atoms with Crippen molar-refractivity contribution in [3.8, 4) is 0 Å². The zero-order valence-electron chi connectivity index (χ0n) is 13.0. The molecule has 0 spiro atoms. The lowest BCUT2D eigenvalue weighted by atomic mass is 9.83. The molecular weight excluding hydrogens is 417 g/mol. The predicted octanol–water partition coefficient (Wildman–Crippen LogP) is 4.69. The number of nitrogens with zero attached hydrogens (tertiary/aromatic N) is 1. The van der Waals surface area contributed by atoms with Crippen molar-refractivity contribution >= 4 is 37.6 Å². The molecule has 1 unspecified atom stereocenters. The van der Waals surface area contributed by atoms with Crippen LogP contribution >= 0.6 is 27.5 Å². The molecule has 1 aromatic carbocycles. The topological polar surface area (TPSA) is 37.4 Å². The minimum absolute atomic E-state index is 0.114. The average molecular weight is 435 g/mol. The number of rotatable bonds is 3. The van der Waals surface area contributed by atoms with Gasteiger partial charge in [-0.1, -0.05) is 29.8 Å². The lowest BCUT2D eigenvalue weighted by Gasteiger charge is -2.34. The Hall–Kier alpha value is -0.690. The maximum atomic E-state index is 13.2. The van der Waals surface area contributed by atoms with Gasteiger partial charge >= 0.3 is 0 Å². The van der Waals surface area contributed by atoms with Crippen molar-refractivity contribution in [2.75, 3.05) is 13.1 Å². The van der Waals surface area contributed by atoms with Gasteiger partial charge in [-0.2, -0.15) is 4.31 Å². The summed E-state index contributed by atoms with van der Waals surface area (Å²) in [5.74, 6) is 0.222. The van der Waals surface area contributed by atoms with E-state index in [-0.39, 0.29) is 15.3 Å². The Morgan fingerprint density at radius 1 is 1.25 bits per heavy atom. The third-order valence-corrected chi connectivity index (χ3v) is 7.75. The standard InChI is InChI=1S/C17H18BrClFNO2S/c18-16-11-15(20)4-5-17(16)24(22,23)21-8-6-12(7-9-21)13-2-1-3-14(19)10-13/h1-2,4-5,10-13H,3,6-9H2. The van der Waals surface area contributed by atoms with E-state index in [0.717, 1.165) is 24.3 Å². The van der Waals surface area contributed by atoms with Crippen LogP contribution in [0.5, 0.6) is 0 Å². The normalized spacial score (nSPS) is 23.3. The summed E-state index contributed by atoms with van der Waals surface area (Å²) in [5, 5.41) is 0.854. The second kappa shape index (κ2) is 7.28. The molecule has 1 saturated heterocycles. The molecule has 1 fully saturated rings. The first-order valence-corrected chi connectivity index (χ1v) is 10.5. The van der Waals surface area contributed by atoms with E-state index in [2.05, 4.69) is 34.2 Å². The van der Waals surface area contributed by atoms with E-state index in [1.807, 2.05) is 0 Å². The fourth-order valence-corrected chi connectivity index (χ4v) is 6.00. The highest BCUT2D eigenvalue weighted by atomic mass is 79.9. The SMILES string of the molecule is O=S(=O)(c1ccc(F)cc1Br)N1CCC(C2C=CCC(Cl)=C2)CC1. The largest absolute Gasteiger partial charge is 0.244 e. The van der Waals surface area contributed by atoms with Gasteiger partial charge in [0.05, 0.1) is 4.90 Å². The Balaban J connectivity index is 1.72. The lowest BCUT2D eigenvalue weighted by Crippen LogP contribution is -2.39. The summed E-state index contributed by atoms with van der Waals surface area (Å²) in [6.45, 7) is 0.930. The summed E-state index contributed by atoms with van der Waals surface area (Å²) in [7, 11) is -3.61. The summed E-state index contributed by atoms with van der Waals surface area (Å²) in [6, 6.07) is 3.66. The number of piperidine rings is 1. The highest BCUT2D eigenvalue weighted by molar-refractivity contribution is 9.10. The monoisotopic (exact) mass is 433 g/mol. The van der Waals surface area contributed by atoms with Crippen LogP contribution in [0, 0.1) is 17.7 Å². The van der Waals surface area contributed by atoms with E-state index in [0.29, 0.717) is 19.0 Å². The summed E-state index contributed by atoms with van der Waals surface area (Å²) >= 11 is 9.26. The van der Waals surface area contributed by atoms with Crippen molar-refractivity contribution in [1.82, 2.24) is 4.31 Å². The van der Waals surface area contributed by atoms with Crippen LogP contribution in [-0.2, 0) is 10.0 Å². The van der Waals surface area contributed by atoms with Gasteiger partial charge in [-0.05, 0) is 58.8 Å². The van der Waals surface area contributed by atoms with Crippen LogP contribution in [0.3, 0.4) is 0 Å². The van der Waals surface area contributed by atoms with Gasteiger partial charge in [0.2, 0.25) is 10.0 Å². The number of halogens is 3. The number of allylic oxidation sites excluding steroid dienone is 4. The maximum Gasteiger partial charge on any atom is 0.244 e. The van der Waals surface area contributed by atoms with E-state index in [9.17, 15) is 12.8 Å². The number of benzene rings is 1. The van der Waals surface area contributed by atoms with Crippen molar-refractivity contribution in [1.29, 1.82) is 0 Å². The Morgan fingerprint density at radius 3 is 2.58 bits per heavy atom. The second-order valence-electron chi connectivity index (χ2n) is 6.14. The third kappa shape index (κ3) is 3.77. The molecule has 3 nitrogen and oxygen atoms in total. The fourth-order valence-electron chi connectivity index (χ4n) is 3.29. The van der Waals surface area contributed by atoms with Gasteiger partial charge in [0.25, 0.3) is 0 Å². The van der Waals surface area contributed by atoms with Crippen LogP contribution in [0.1, 0.15) is 19.3 Å². The quantitative estimate of drug-likeness (QED) is 0.647. The van der Waals surface area contributed by atoms with Crippen molar-refractivity contribution in [2.24, 2.45) is 11.8 Å². The minimum Gasteiger partial charge on any atom is -0.207 e. The number of hydrogen-bond acceptors (Lipinski definition) is 2. The van der Waals surface area contributed by atoms with Crippen molar-refractivity contribution < 1.29 is 12.8 Å². The maximum absolute atomic E-state index is 13.2. The molecule has 1 aromatic rings. The molecule has 1 aliphatic carbocycles. The van der Waals surface area contributed by atoms with Crippen molar-refractivity contribution in [3.05, 3.63) is 51.7 Å². The van der Waals surface area contributed by atoms with E-state index >= 15 is 0 Å². The van der Waals surface area contributed by atoms with Gasteiger partial charge in [0.15, 0.2) is 0 Å². The van der Waals surface area contributed by atoms with E-state index < -0.39 is 15.8 Å². The number of sulfonamides is 1. The molecule has 7 heteroatoms. The molecule has 0 amide bonds. The first-order valence-electron chi connectivity index (χ1n) is 7.86. The van der Waals surface area contributed by atoms with E-state index in [1.165, 1.54) is 22.5 Å². The molecule has 0 saturated carbocycles. The molecule has 130 valence electrons. The van der Waals surface area contributed by atoms with Crippen LogP contribution in [0.2, 0.25) is 0 Å². The molecule has 1 aliphatic heterocycles. The molecule has 0 N–H and O–H groups in total. The van der Waals surface area contributed by atoms with Gasteiger partial charge in [-0.15, -0.1) is 0 Å². The fraction of sp³-hybridized carbons (Fsp3) is 0.412. The first kappa shape index (κ1) is 18.1. The average Bonchev–Trinajstić information content (AvgIpc) is 2.54. The summed E-state index contributed by atoms with van der Waals surface area (Å²) in [4.78, 5) is 0.114. The molecule has 1 atom stereocenters. The van der Waals surface area contributed by atoms with Crippen LogP contribution < -0.4 is 0 Å². The zero-order valence-corrected chi connectivity index (χ0v) is 16.1. The summed E-state index contributed by atoms with van der Waals surface area (Å²) < 4.78 is 40.5. The second-order valence-corrected chi connectivity index (χ2v) is 9.39. The van der Waals surface area contributed by atoms with Crippen LogP contribution in [-0.4, -0.2) is 25.8 Å². The van der Waals surface area contributed by atoms with E-state index in [4.69, 9.17) is 11.6 Å². The van der Waals surface area contributed by atoms with Gasteiger partial charge in [0.1, 0.15) is 5.82 Å². The van der Waals surface area contributed by atoms with Gasteiger partial charge in [0, 0.05) is 29.0 Å². The van der Waals surface area contributed by atoms with E-state index in [1.54, 1.807) is 0 Å².